The molecule has 1 aliphatic carbocycles. The summed E-state index contributed by atoms with van der Waals surface area (Å²) in [7, 11) is 0. The molecule has 2 heterocycles. The molecule has 2 aromatic rings. The SMILES string of the molecule is Cc1oc2nc[nH]c(=O)c2c1C(=O)OCC(=O)NC1CCCCC1. The number of H-pyrrole nitrogens is 1. The second-order valence-electron chi connectivity index (χ2n) is 5.92. The molecule has 0 unspecified atom stereocenters. The molecule has 0 atom stereocenters. The molecule has 2 aromatic heterocycles. The fourth-order valence-electron chi connectivity index (χ4n) is 3.02. The molecule has 24 heavy (non-hydrogen) atoms. The third-order valence-electron chi connectivity index (χ3n) is 4.18. The van der Waals surface area contributed by atoms with E-state index in [0.717, 1.165) is 25.7 Å². The Balaban J connectivity index is 1.66. The van der Waals surface area contributed by atoms with E-state index in [1.54, 1.807) is 6.92 Å². The van der Waals surface area contributed by atoms with Crippen LogP contribution in [0.2, 0.25) is 0 Å². The second kappa shape index (κ2) is 6.86. The van der Waals surface area contributed by atoms with E-state index in [2.05, 4.69) is 15.3 Å². The zero-order valence-electron chi connectivity index (χ0n) is 13.4. The highest BCUT2D eigenvalue weighted by atomic mass is 16.5. The smallest absolute Gasteiger partial charge is 0.343 e. The highest BCUT2D eigenvalue weighted by Crippen LogP contribution is 2.21. The molecule has 8 nitrogen and oxygen atoms in total. The lowest BCUT2D eigenvalue weighted by molar-refractivity contribution is -0.125. The van der Waals surface area contributed by atoms with Crippen molar-refractivity contribution in [1.29, 1.82) is 0 Å². The molecule has 1 fully saturated rings. The lowest BCUT2D eigenvalue weighted by atomic mass is 9.95. The van der Waals surface area contributed by atoms with Gasteiger partial charge in [0.25, 0.3) is 11.5 Å². The maximum atomic E-state index is 12.2. The summed E-state index contributed by atoms with van der Waals surface area (Å²) in [4.78, 5) is 42.3. The molecule has 0 aliphatic heterocycles. The van der Waals surface area contributed by atoms with E-state index in [9.17, 15) is 14.4 Å². The van der Waals surface area contributed by atoms with E-state index in [1.165, 1.54) is 12.7 Å². The summed E-state index contributed by atoms with van der Waals surface area (Å²) in [5.41, 5.74) is -0.421. The lowest BCUT2D eigenvalue weighted by Gasteiger charge is -2.22. The van der Waals surface area contributed by atoms with Crippen LogP contribution in [-0.4, -0.2) is 34.5 Å². The Bertz CT molecular complexity index is 817. The Morgan fingerprint density at radius 2 is 2.12 bits per heavy atom. The van der Waals surface area contributed by atoms with Crippen molar-refractivity contribution < 1.29 is 18.7 Å². The summed E-state index contributed by atoms with van der Waals surface area (Å²) in [5, 5.41) is 2.90. The van der Waals surface area contributed by atoms with Crippen LogP contribution in [-0.2, 0) is 9.53 Å². The first-order valence-electron chi connectivity index (χ1n) is 7.99. The highest BCUT2D eigenvalue weighted by Gasteiger charge is 2.24. The van der Waals surface area contributed by atoms with Crippen LogP contribution >= 0.6 is 0 Å². The van der Waals surface area contributed by atoms with Gasteiger partial charge < -0.3 is 19.5 Å². The van der Waals surface area contributed by atoms with Gasteiger partial charge >= 0.3 is 5.97 Å². The molecular formula is C16H19N3O5. The van der Waals surface area contributed by atoms with Gasteiger partial charge in [-0.2, -0.15) is 0 Å². The van der Waals surface area contributed by atoms with E-state index in [1.807, 2.05) is 0 Å². The number of hydrogen-bond donors (Lipinski definition) is 2. The third kappa shape index (κ3) is 3.32. The number of esters is 1. The summed E-state index contributed by atoms with van der Waals surface area (Å²) in [6, 6.07) is 0.147. The predicted octanol–water partition coefficient (Wildman–Crippen LogP) is 1.43. The zero-order valence-corrected chi connectivity index (χ0v) is 13.4. The summed E-state index contributed by atoms with van der Waals surface area (Å²) < 4.78 is 10.3. The van der Waals surface area contributed by atoms with Crippen molar-refractivity contribution in [2.75, 3.05) is 6.61 Å². The minimum atomic E-state index is -0.774. The lowest BCUT2D eigenvalue weighted by Crippen LogP contribution is -2.38. The van der Waals surface area contributed by atoms with Gasteiger partial charge in [-0.3, -0.25) is 9.59 Å². The summed E-state index contributed by atoms with van der Waals surface area (Å²) in [5.74, 6) is -0.886. The average molecular weight is 333 g/mol. The van der Waals surface area contributed by atoms with Crippen molar-refractivity contribution in [3.05, 3.63) is 28.0 Å². The molecule has 0 bridgehead atoms. The van der Waals surface area contributed by atoms with Gasteiger partial charge in [0.15, 0.2) is 6.61 Å². The van der Waals surface area contributed by atoms with E-state index < -0.39 is 11.5 Å². The molecular weight excluding hydrogens is 314 g/mol. The first-order chi connectivity index (χ1) is 11.6. The van der Waals surface area contributed by atoms with E-state index in [4.69, 9.17) is 9.15 Å². The number of ether oxygens (including phenoxy) is 1. The number of carbonyl (C=O) groups excluding carboxylic acids is 2. The van der Waals surface area contributed by atoms with Gasteiger partial charge in [0.1, 0.15) is 16.7 Å². The Hall–Kier alpha value is -2.64. The normalized spacial score (nSPS) is 15.4. The quantitative estimate of drug-likeness (QED) is 0.818. The van der Waals surface area contributed by atoms with Gasteiger partial charge in [0, 0.05) is 6.04 Å². The number of carbonyl (C=O) groups is 2. The summed E-state index contributed by atoms with van der Waals surface area (Å²) >= 11 is 0. The summed E-state index contributed by atoms with van der Waals surface area (Å²) in [6.45, 7) is 1.15. The summed E-state index contributed by atoms with van der Waals surface area (Å²) in [6.07, 6.45) is 6.48. The molecule has 2 N–H and O–H groups in total. The largest absolute Gasteiger partial charge is 0.452 e. The number of nitrogens with one attached hydrogen (secondary N) is 2. The fraction of sp³-hybridized carbons (Fsp3) is 0.500. The number of aryl methyl sites for hydroxylation is 1. The van der Waals surface area contributed by atoms with Crippen LogP contribution in [0.4, 0.5) is 0 Å². The maximum Gasteiger partial charge on any atom is 0.343 e. The first kappa shape index (κ1) is 16.2. The molecule has 0 aromatic carbocycles. The predicted molar refractivity (Wildman–Crippen MR) is 84.7 cm³/mol. The molecule has 8 heteroatoms. The zero-order chi connectivity index (χ0) is 17.1. The third-order valence-corrected chi connectivity index (χ3v) is 4.18. The molecule has 1 saturated carbocycles. The van der Waals surface area contributed by atoms with Crippen LogP contribution in [0.25, 0.3) is 11.1 Å². The fourth-order valence-corrected chi connectivity index (χ4v) is 3.02. The monoisotopic (exact) mass is 333 g/mol. The van der Waals surface area contributed by atoms with E-state index >= 15 is 0 Å². The topological polar surface area (TPSA) is 114 Å². The molecule has 0 spiro atoms. The number of furan rings is 1. The van der Waals surface area contributed by atoms with Crippen molar-refractivity contribution >= 4 is 23.0 Å². The second-order valence-corrected chi connectivity index (χ2v) is 5.92. The average Bonchev–Trinajstić information content (AvgIpc) is 2.91. The van der Waals surface area contributed by atoms with Crippen molar-refractivity contribution in [2.24, 2.45) is 0 Å². The number of aromatic amines is 1. The highest BCUT2D eigenvalue weighted by molar-refractivity contribution is 6.03. The van der Waals surface area contributed by atoms with Crippen molar-refractivity contribution in [1.82, 2.24) is 15.3 Å². The van der Waals surface area contributed by atoms with E-state index in [-0.39, 0.29) is 41.0 Å². The molecule has 1 aliphatic rings. The van der Waals surface area contributed by atoms with Crippen LogP contribution < -0.4 is 10.9 Å². The molecule has 1 amide bonds. The van der Waals surface area contributed by atoms with Gasteiger partial charge in [0.05, 0.1) is 6.33 Å². The van der Waals surface area contributed by atoms with Crippen molar-refractivity contribution in [3.63, 3.8) is 0 Å². The maximum absolute atomic E-state index is 12.2. The Kier molecular flexibility index (Phi) is 4.64. The van der Waals surface area contributed by atoms with Crippen LogP contribution in [0.3, 0.4) is 0 Å². The molecule has 128 valence electrons. The Morgan fingerprint density at radius 3 is 2.88 bits per heavy atom. The van der Waals surface area contributed by atoms with Gasteiger partial charge in [-0.25, -0.2) is 9.78 Å². The van der Waals surface area contributed by atoms with Crippen LogP contribution in [0.1, 0.15) is 48.2 Å². The van der Waals surface area contributed by atoms with Crippen LogP contribution in [0, 0.1) is 6.92 Å². The van der Waals surface area contributed by atoms with Crippen molar-refractivity contribution in [3.8, 4) is 0 Å². The number of nitrogens with zero attached hydrogens (tertiary/aromatic N) is 1. The number of fused-ring (bicyclic) bond motifs is 1. The van der Waals surface area contributed by atoms with E-state index in [0.29, 0.717) is 0 Å². The Morgan fingerprint density at radius 1 is 1.38 bits per heavy atom. The molecule has 0 saturated heterocycles. The van der Waals surface area contributed by atoms with Crippen molar-refractivity contribution in [2.45, 2.75) is 45.1 Å². The minimum absolute atomic E-state index is 0.00446. The number of hydrogen-bond acceptors (Lipinski definition) is 6. The van der Waals surface area contributed by atoms with Crippen LogP contribution in [0.15, 0.2) is 15.5 Å². The minimum Gasteiger partial charge on any atom is -0.452 e. The number of amides is 1. The number of rotatable bonds is 4. The van der Waals surface area contributed by atoms with Gasteiger partial charge in [-0.15, -0.1) is 0 Å². The Labute approximate surface area is 137 Å². The number of aromatic nitrogens is 2. The van der Waals surface area contributed by atoms with Gasteiger partial charge in [-0.1, -0.05) is 19.3 Å². The molecule has 0 radical (unpaired) electrons. The van der Waals surface area contributed by atoms with Gasteiger partial charge in [-0.05, 0) is 19.8 Å². The standard InChI is InChI=1S/C16H19N3O5/c1-9-12(13-14(21)17-8-18-15(13)24-9)16(22)23-7-11(20)19-10-5-3-2-4-6-10/h8,10H,2-7H2,1H3,(H,19,20)(H,17,18,21). The molecule has 3 rings (SSSR count). The van der Waals surface area contributed by atoms with Gasteiger partial charge in [0.2, 0.25) is 5.71 Å². The van der Waals surface area contributed by atoms with Crippen LogP contribution in [0.5, 0.6) is 0 Å². The first-order valence-corrected chi connectivity index (χ1v) is 7.99.